The number of hydrogen-bond donors (Lipinski definition) is 0. The van der Waals surface area contributed by atoms with Crippen molar-refractivity contribution in [3.63, 3.8) is 0 Å². The third-order valence-corrected chi connectivity index (χ3v) is 6.21. The SMILES string of the molecule is Cc1[nH+]c2ccccc2c2c(C(=O)c3ccc(-c4ccccc4)cc3)n3ccccc3c12. The fourth-order valence-corrected chi connectivity index (χ4v) is 4.73. The fourth-order valence-electron chi connectivity index (χ4n) is 4.73. The molecular formula is C29H21N2O+. The number of benzene rings is 3. The summed E-state index contributed by atoms with van der Waals surface area (Å²) in [7, 11) is 0. The minimum absolute atomic E-state index is 0.0246. The van der Waals surface area contributed by atoms with Crippen LogP contribution >= 0.6 is 0 Å². The molecule has 3 nitrogen and oxygen atoms in total. The first-order valence-electron chi connectivity index (χ1n) is 10.8. The highest BCUT2D eigenvalue weighted by Gasteiger charge is 2.25. The topological polar surface area (TPSA) is 35.6 Å². The molecule has 6 aromatic rings. The van der Waals surface area contributed by atoms with E-state index in [-0.39, 0.29) is 5.78 Å². The fraction of sp³-hybridized carbons (Fsp3) is 0.0345. The molecule has 3 aromatic heterocycles. The summed E-state index contributed by atoms with van der Waals surface area (Å²) in [5, 5.41) is 3.15. The number of aromatic amines is 1. The number of aromatic nitrogens is 2. The van der Waals surface area contributed by atoms with Gasteiger partial charge in [0.15, 0.2) is 5.69 Å². The zero-order chi connectivity index (χ0) is 21.7. The molecule has 3 heterocycles. The number of ketones is 1. The van der Waals surface area contributed by atoms with Crippen LogP contribution in [0.5, 0.6) is 0 Å². The molecular weight excluding hydrogens is 392 g/mol. The van der Waals surface area contributed by atoms with E-state index in [1.807, 2.05) is 77.3 Å². The van der Waals surface area contributed by atoms with Crippen LogP contribution in [-0.2, 0) is 0 Å². The number of H-pyrrole nitrogens is 1. The highest BCUT2D eigenvalue weighted by atomic mass is 16.1. The van der Waals surface area contributed by atoms with E-state index in [9.17, 15) is 4.79 Å². The van der Waals surface area contributed by atoms with Crippen molar-refractivity contribution in [2.45, 2.75) is 6.92 Å². The summed E-state index contributed by atoms with van der Waals surface area (Å²) in [6.07, 6.45) is 1.98. The molecule has 0 spiro atoms. The first-order chi connectivity index (χ1) is 15.7. The zero-order valence-electron chi connectivity index (χ0n) is 17.7. The van der Waals surface area contributed by atoms with Gasteiger partial charge in [-0.1, -0.05) is 72.8 Å². The Morgan fingerprint density at radius 3 is 2.22 bits per heavy atom. The molecule has 0 amide bonds. The van der Waals surface area contributed by atoms with Crippen LogP contribution in [-0.4, -0.2) is 10.2 Å². The Morgan fingerprint density at radius 1 is 0.719 bits per heavy atom. The molecule has 0 unspecified atom stereocenters. The van der Waals surface area contributed by atoms with E-state index in [0.717, 1.165) is 44.0 Å². The summed E-state index contributed by atoms with van der Waals surface area (Å²) < 4.78 is 2.03. The summed E-state index contributed by atoms with van der Waals surface area (Å²) in [6.45, 7) is 2.07. The smallest absolute Gasteiger partial charge is 0.211 e. The minimum atomic E-state index is 0.0246. The number of nitrogens with one attached hydrogen (secondary N) is 1. The van der Waals surface area contributed by atoms with Crippen LogP contribution in [0.25, 0.3) is 38.3 Å². The third-order valence-electron chi connectivity index (χ3n) is 6.21. The van der Waals surface area contributed by atoms with Crippen LogP contribution in [0, 0.1) is 6.92 Å². The molecule has 0 aliphatic rings. The van der Waals surface area contributed by atoms with Crippen LogP contribution in [0.2, 0.25) is 0 Å². The molecule has 0 bridgehead atoms. The lowest BCUT2D eigenvalue weighted by atomic mass is 9.98. The number of aryl methyl sites for hydroxylation is 1. The second-order valence-corrected chi connectivity index (χ2v) is 8.12. The first kappa shape index (κ1) is 18.5. The molecule has 0 radical (unpaired) electrons. The molecule has 0 aliphatic carbocycles. The van der Waals surface area contributed by atoms with Gasteiger partial charge in [0.25, 0.3) is 0 Å². The number of nitrogens with zero attached hydrogens (tertiary/aromatic N) is 1. The largest absolute Gasteiger partial charge is 0.312 e. The van der Waals surface area contributed by atoms with Crippen molar-refractivity contribution in [1.82, 2.24) is 4.40 Å². The van der Waals surface area contributed by atoms with E-state index >= 15 is 0 Å². The molecule has 0 atom stereocenters. The summed E-state index contributed by atoms with van der Waals surface area (Å²) in [4.78, 5) is 17.4. The summed E-state index contributed by atoms with van der Waals surface area (Å²) in [6, 6.07) is 32.4. The Labute approximate surface area is 185 Å². The number of para-hydroxylation sites is 1. The molecule has 1 N–H and O–H groups in total. The second-order valence-electron chi connectivity index (χ2n) is 8.12. The van der Waals surface area contributed by atoms with Gasteiger partial charge in [0.1, 0.15) is 5.69 Å². The van der Waals surface area contributed by atoms with E-state index in [0.29, 0.717) is 11.3 Å². The molecule has 0 saturated carbocycles. The average Bonchev–Trinajstić information content (AvgIpc) is 3.20. The molecule has 0 fully saturated rings. The predicted molar refractivity (Wildman–Crippen MR) is 129 cm³/mol. The van der Waals surface area contributed by atoms with Crippen molar-refractivity contribution in [3.8, 4) is 11.1 Å². The maximum absolute atomic E-state index is 13.9. The van der Waals surface area contributed by atoms with Gasteiger partial charge in [0.2, 0.25) is 11.3 Å². The van der Waals surface area contributed by atoms with E-state index in [4.69, 9.17) is 0 Å². The molecule has 3 heteroatoms. The standard InChI is InChI=1S/C29H20N2O/c1-19-26-25-13-7-8-18-31(25)28(27(26)23-11-5-6-12-24(23)30-19)29(32)22-16-14-21(15-17-22)20-9-3-2-4-10-20/h2-18H,1H3/p+1. The molecule has 152 valence electrons. The number of hydrogen-bond acceptors (Lipinski definition) is 1. The van der Waals surface area contributed by atoms with Gasteiger partial charge in [-0.2, -0.15) is 0 Å². The van der Waals surface area contributed by atoms with Crippen molar-refractivity contribution < 1.29 is 9.78 Å². The number of rotatable bonds is 3. The quantitative estimate of drug-likeness (QED) is 0.315. The second kappa shape index (κ2) is 7.17. The van der Waals surface area contributed by atoms with Gasteiger partial charge in [-0.3, -0.25) is 4.79 Å². The Hall–Kier alpha value is -4.24. The van der Waals surface area contributed by atoms with Gasteiger partial charge in [-0.15, -0.1) is 0 Å². The van der Waals surface area contributed by atoms with Gasteiger partial charge in [-0.05, 0) is 29.3 Å². The van der Waals surface area contributed by atoms with Gasteiger partial charge in [0, 0.05) is 30.1 Å². The monoisotopic (exact) mass is 413 g/mol. The minimum Gasteiger partial charge on any atom is -0.312 e. The van der Waals surface area contributed by atoms with Crippen LogP contribution < -0.4 is 4.98 Å². The molecule has 0 saturated heterocycles. The predicted octanol–water partition coefficient (Wildman–Crippen LogP) is 6.27. The summed E-state index contributed by atoms with van der Waals surface area (Å²) >= 11 is 0. The third kappa shape index (κ3) is 2.75. The molecule has 6 rings (SSSR count). The molecule has 3 aromatic carbocycles. The van der Waals surface area contributed by atoms with Crippen molar-refractivity contribution in [2.24, 2.45) is 0 Å². The van der Waals surface area contributed by atoms with Crippen LogP contribution in [0.15, 0.2) is 103 Å². The van der Waals surface area contributed by atoms with Gasteiger partial charge < -0.3 is 4.40 Å². The number of fused-ring (bicyclic) bond motifs is 5. The maximum Gasteiger partial charge on any atom is 0.211 e. The lowest BCUT2D eigenvalue weighted by Crippen LogP contribution is -2.10. The van der Waals surface area contributed by atoms with Crippen molar-refractivity contribution >= 4 is 33.0 Å². The lowest BCUT2D eigenvalue weighted by molar-refractivity contribution is -0.352. The van der Waals surface area contributed by atoms with Crippen molar-refractivity contribution in [3.05, 3.63) is 120 Å². The van der Waals surface area contributed by atoms with Gasteiger partial charge in [-0.25, -0.2) is 4.98 Å². The highest BCUT2D eigenvalue weighted by molar-refractivity contribution is 6.25. The van der Waals surface area contributed by atoms with Gasteiger partial charge >= 0.3 is 0 Å². The van der Waals surface area contributed by atoms with Crippen molar-refractivity contribution in [2.75, 3.05) is 0 Å². The zero-order valence-corrected chi connectivity index (χ0v) is 17.7. The highest BCUT2D eigenvalue weighted by Crippen LogP contribution is 2.34. The van der Waals surface area contributed by atoms with E-state index < -0.39 is 0 Å². The average molecular weight is 414 g/mol. The van der Waals surface area contributed by atoms with E-state index in [1.54, 1.807) is 0 Å². The Kier molecular flexibility index (Phi) is 4.15. The Bertz CT molecular complexity index is 1630. The maximum atomic E-state index is 13.9. The van der Waals surface area contributed by atoms with Crippen molar-refractivity contribution in [1.29, 1.82) is 0 Å². The number of pyridine rings is 2. The number of carbonyl (C=O) groups excluding carboxylic acids is 1. The summed E-state index contributed by atoms with van der Waals surface area (Å²) in [5.41, 5.74) is 6.75. The van der Waals surface area contributed by atoms with Gasteiger partial charge in [0.05, 0.1) is 16.3 Å². The van der Waals surface area contributed by atoms with E-state index in [1.165, 1.54) is 0 Å². The Morgan fingerprint density at radius 2 is 1.41 bits per heavy atom. The molecule has 32 heavy (non-hydrogen) atoms. The normalized spacial score (nSPS) is 11.4. The number of carbonyl (C=O) groups is 1. The van der Waals surface area contributed by atoms with Crippen LogP contribution in [0.1, 0.15) is 21.7 Å². The van der Waals surface area contributed by atoms with Crippen LogP contribution in [0.4, 0.5) is 0 Å². The lowest BCUT2D eigenvalue weighted by Gasteiger charge is -2.06. The van der Waals surface area contributed by atoms with Crippen LogP contribution in [0.3, 0.4) is 0 Å². The Balaban J connectivity index is 1.61. The summed E-state index contributed by atoms with van der Waals surface area (Å²) in [5.74, 6) is 0.0246. The molecule has 0 aliphatic heterocycles. The van der Waals surface area contributed by atoms with E-state index in [2.05, 4.69) is 42.2 Å². The first-order valence-corrected chi connectivity index (χ1v) is 10.8.